The van der Waals surface area contributed by atoms with E-state index in [0.717, 1.165) is 5.56 Å². The summed E-state index contributed by atoms with van der Waals surface area (Å²) in [5.41, 5.74) is 1.01. The predicted octanol–water partition coefficient (Wildman–Crippen LogP) is 2.85. The maximum Gasteiger partial charge on any atom is 0.161 e. The van der Waals surface area contributed by atoms with Crippen molar-refractivity contribution in [3.63, 3.8) is 0 Å². The predicted molar refractivity (Wildman–Crippen MR) is 64.5 cm³/mol. The number of halogens is 1. The molecule has 0 bridgehead atoms. The zero-order valence-corrected chi connectivity index (χ0v) is 10.4. The summed E-state index contributed by atoms with van der Waals surface area (Å²) in [5, 5.41) is 0. The Hall–Kier alpha value is -0.930. The second kappa shape index (κ2) is 7.36. The molecule has 0 unspecified atom stereocenters. The summed E-state index contributed by atoms with van der Waals surface area (Å²) in [5.74, 6) is 1.89. The van der Waals surface area contributed by atoms with Crippen LogP contribution in [0.25, 0.3) is 0 Å². The smallest absolute Gasteiger partial charge is 0.161 e. The van der Waals surface area contributed by atoms with E-state index in [9.17, 15) is 0 Å². The molecular weight excluding hydrogens is 228 g/mol. The number of hydrogen-bond donors (Lipinski definition) is 0. The maximum atomic E-state index is 5.76. The number of alkyl halides is 1. The van der Waals surface area contributed by atoms with Crippen molar-refractivity contribution in [1.29, 1.82) is 0 Å². The Morgan fingerprint density at radius 1 is 1.19 bits per heavy atom. The maximum absolute atomic E-state index is 5.76. The van der Waals surface area contributed by atoms with E-state index < -0.39 is 0 Å². The number of methoxy groups -OCH3 is 1. The molecule has 0 aliphatic carbocycles. The average molecular weight is 245 g/mol. The van der Waals surface area contributed by atoms with Crippen molar-refractivity contribution in [2.45, 2.75) is 12.8 Å². The van der Waals surface area contributed by atoms with Crippen LogP contribution in [0.3, 0.4) is 0 Å². The van der Waals surface area contributed by atoms with Gasteiger partial charge in [-0.25, -0.2) is 0 Å². The second-order valence-electron chi connectivity index (χ2n) is 3.16. The van der Waals surface area contributed by atoms with Crippen LogP contribution in [0.1, 0.15) is 12.5 Å². The van der Waals surface area contributed by atoms with E-state index >= 15 is 0 Å². The van der Waals surface area contributed by atoms with Crippen molar-refractivity contribution in [2.75, 3.05) is 26.9 Å². The molecule has 0 fully saturated rings. The van der Waals surface area contributed by atoms with Crippen molar-refractivity contribution in [2.24, 2.45) is 0 Å². The quantitative estimate of drug-likeness (QED) is 0.545. The van der Waals surface area contributed by atoms with Crippen LogP contribution >= 0.6 is 11.6 Å². The van der Waals surface area contributed by atoms with Gasteiger partial charge in [0.15, 0.2) is 11.5 Å². The summed E-state index contributed by atoms with van der Waals surface area (Å²) in [6.07, 6.45) is 0. The van der Waals surface area contributed by atoms with Gasteiger partial charge in [-0.05, 0) is 24.6 Å². The Balaban J connectivity index is 2.60. The lowest BCUT2D eigenvalue weighted by Crippen LogP contribution is -2.07. The first-order valence-corrected chi connectivity index (χ1v) is 5.78. The van der Waals surface area contributed by atoms with Crippen molar-refractivity contribution in [3.05, 3.63) is 23.8 Å². The lowest BCUT2D eigenvalue weighted by Gasteiger charge is -2.11. The van der Waals surface area contributed by atoms with E-state index in [1.807, 2.05) is 25.1 Å². The molecule has 4 heteroatoms. The summed E-state index contributed by atoms with van der Waals surface area (Å²) in [4.78, 5) is 0. The second-order valence-corrected chi connectivity index (χ2v) is 3.43. The molecule has 90 valence electrons. The molecule has 0 atom stereocenters. The minimum absolute atomic E-state index is 0.464. The van der Waals surface area contributed by atoms with E-state index in [4.69, 9.17) is 25.8 Å². The van der Waals surface area contributed by atoms with Crippen molar-refractivity contribution in [3.8, 4) is 11.5 Å². The standard InChI is InChI=1S/C12H17ClO3/c1-3-15-6-7-16-12-8-10(9-13)4-5-11(12)14-2/h4-5,8H,3,6-7,9H2,1-2H3. The van der Waals surface area contributed by atoms with Gasteiger partial charge in [-0.1, -0.05) is 6.07 Å². The van der Waals surface area contributed by atoms with Gasteiger partial charge in [0.1, 0.15) is 6.61 Å². The van der Waals surface area contributed by atoms with Crippen LogP contribution in [-0.4, -0.2) is 26.9 Å². The van der Waals surface area contributed by atoms with Crippen LogP contribution in [0.15, 0.2) is 18.2 Å². The Bertz CT molecular complexity index is 315. The lowest BCUT2D eigenvalue weighted by molar-refractivity contribution is 0.109. The number of benzene rings is 1. The highest BCUT2D eigenvalue weighted by atomic mass is 35.5. The Morgan fingerprint density at radius 3 is 2.62 bits per heavy atom. The third-order valence-corrected chi connectivity index (χ3v) is 2.38. The van der Waals surface area contributed by atoms with Gasteiger partial charge in [-0.15, -0.1) is 11.6 Å². The fourth-order valence-electron chi connectivity index (χ4n) is 1.27. The van der Waals surface area contributed by atoms with Gasteiger partial charge in [-0.3, -0.25) is 0 Å². The highest BCUT2D eigenvalue weighted by Gasteiger charge is 2.05. The van der Waals surface area contributed by atoms with Gasteiger partial charge in [0, 0.05) is 12.5 Å². The summed E-state index contributed by atoms with van der Waals surface area (Å²) in [6, 6.07) is 5.66. The molecular formula is C12H17ClO3. The number of hydrogen-bond acceptors (Lipinski definition) is 3. The van der Waals surface area contributed by atoms with Gasteiger partial charge in [0.05, 0.1) is 13.7 Å². The molecule has 0 saturated carbocycles. The summed E-state index contributed by atoms with van der Waals surface area (Å²) < 4.78 is 16.0. The zero-order valence-electron chi connectivity index (χ0n) is 9.66. The molecule has 0 radical (unpaired) electrons. The van der Waals surface area contributed by atoms with Gasteiger partial charge in [0.25, 0.3) is 0 Å². The monoisotopic (exact) mass is 244 g/mol. The van der Waals surface area contributed by atoms with E-state index in [0.29, 0.717) is 37.2 Å². The van der Waals surface area contributed by atoms with Crippen LogP contribution < -0.4 is 9.47 Å². The molecule has 0 spiro atoms. The summed E-state index contributed by atoms with van der Waals surface area (Å²) in [6.45, 7) is 3.73. The van der Waals surface area contributed by atoms with Gasteiger partial charge >= 0.3 is 0 Å². The molecule has 1 aromatic rings. The summed E-state index contributed by atoms with van der Waals surface area (Å²) in [7, 11) is 1.62. The summed E-state index contributed by atoms with van der Waals surface area (Å²) >= 11 is 5.76. The first kappa shape index (κ1) is 13.1. The fourth-order valence-corrected chi connectivity index (χ4v) is 1.44. The molecule has 0 aliphatic rings. The normalized spacial score (nSPS) is 10.2. The molecule has 0 amide bonds. The largest absolute Gasteiger partial charge is 0.493 e. The molecule has 1 rings (SSSR count). The van der Waals surface area contributed by atoms with Crippen LogP contribution in [-0.2, 0) is 10.6 Å². The molecule has 0 heterocycles. The van der Waals surface area contributed by atoms with Gasteiger partial charge in [0.2, 0.25) is 0 Å². The van der Waals surface area contributed by atoms with Gasteiger partial charge < -0.3 is 14.2 Å². The minimum atomic E-state index is 0.464. The first-order valence-electron chi connectivity index (χ1n) is 5.25. The van der Waals surface area contributed by atoms with Crippen LogP contribution in [0.4, 0.5) is 0 Å². The van der Waals surface area contributed by atoms with E-state index in [2.05, 4.69) is 0 Å². The number of rotatable bonds is 7. The Kier molecular flexibility index (Phi) is 6.04. The average Bonchev–Trinajstić information content (AvgIpc) is 2.34. The molecule has 3 nitrogen and oxygen atoms in total. The Morgan fingerprint density at radius 2 is 2.00 bits per heavy atom. The third-order valence-electron chi connectivity index (χ3n) is 2.07. The van der Waals surface area contributed by atoms with Gasteiger partial charge in [-0.2, -0.15) is 0 Å². The van der Waals surface area contributed by atoms with Crippen molar-refractivity contribution < 1.29 is 14.2 Å². The minimum Gasteiger partial charge on any atom is -0.493 e. The molecule has 0 saturated heterocycles. The first-order chi connectivity index (χ1) is 7.81. The van der Waals surface area contributed by atoms with E-state index in [-0.39, 0.29) is 0 Å². The van der Waals surface area contributed by atoms with Crippen molar-refractivity contribution >= 4 is 11.6 Å². The molecule has 16 heavy (non-hydrogen) atoms. The SMILES string of the molecule is CCOCCOc1cc(CCl)ccc1OC. The lowest BCUT2D eigenvalue weighted by atomic mass is 10.2. The van der Waals surface area contributed by atoms with Crippen LogP contribution in [0, 0.1) is 0 Å². The van der Waals surface area contributed by atoms with Crippen LogP contribution in [0.2, 0.25) is 0 Å². The third kappa shape index (κ3) is 3.91. The molecule has 0 aliphatic heterocycles. The fraction of sp³-hybridized carbons (Fsp3) is 0.500. The van der Waals surface area contributed by atoms with Crippen LogP contribution in [0.5, 0.6) is 11.5 Å². The highest BCUT2D eigenvalue weighted by Crippen LogP contribution is 2.28. The Labute approximate surface area is 101 Å². The molecule has 0 N–H and O–H groups in total. The van der Waals surface area contributed by atoms with E-state index in [1.54, 1.807) is 7.11 Å². The molecule has 1 aromatic carbocycles. The van der Waals surface area contributed by atoms with E-state index in [1.165, 1.54) is 0 Å². The highest BCUT2D eigenvalue weighted by molar-refractivity contribution is 6.17. The van der Waals surface area contributed by atoms with Crippen molar-refractivity contribution in [1.82, 2.24) is 0 Å². The zero-order chi connectivity index (χ0) is 11.8. The topological polar surface area (TPSA) is 27.7 Å². The number of ether oxygens (including phenoxy) is 3. The molecule has 0 aromatic heterocycles.